The summed E-state index contributed by atoms with van der Waals surface area (Å²) in [6.07, 6.45) is 5.11. The molecule has 0 bridgehead atoms. The molecule has 5 rings (SSSR count). The van der Waals surface area contributed by atoms with E-state index < -0.39 is 75.1 Å². The maximum absolute atomic E-state index is 13.3. The molecule has 0 spiro atoms. The second-order valence-corrected chi connectivity index (χ2v) is 17.0. The highest BCUT2D eigenvalue weighted by molar-refractivity contribution is 7.86. The van der Waals surface area contributed by atoms with Gasteiger partial charge in [-0.1, -0.05) is 25.0 Å². The maximum atomic E-state index is 13.3. The van der Waals surface area contributed by atoms with Crippen LogP contribution in [0.2, 0.25) is 0 Å². The molecule has 3 aromatic rings. The molecule has 0 saturated carbocycles. The lowest BCUT2D eigenvalue weighted by Gasteiger charge is -2.20. The Morgan fingerprint density at radius 2 is 1.35 bits per heavy atom. The van der Waals surface area contributed by atoms with Crippen molar-refractivity contribution in [3.05, 3.63) is 98.9 Å². The highest BCUT2D eigenvalue weighted by atomic mass is 32.2. The number of nitro benzene ring substituents is 1. The SMILES string of the molecule is COC(=O)c1cc(C(=O)NCCCCCNC(=O)CCCCCCNC(=O)c2cccc([N+](=O)[O-])c2)ccc1-c1c2ccc(=N)c(S(=O)(=O)O)c-2oc2c(S(=O)(=O)O)c(N)ccc12. The Balaban J connectivity index is 1.15. The third-order valence-electron chi connectivity index (χ3n) is 9.87. The lowest BCUT2D eigenvalue weighted by atomic mass is 9.89. The van der Waals surface area contributed by atoms with Gasteiger partial charge < -0.3 is 30.8 Å². The Kier molecular flexibility index (Phi) is 15.3. The van der Waals surface area contributed by atoms with Crippen LogP contribution in [0, 0.1) is 15.5 Å². The molecule has 8 N–H and O–H groups in total. The number of hydrogen-bond donors (Lipinski definition) is 7. The van der Waals surface area contributed by atoms with E-state index in [0.717, 1.165) is 32.1 Å². The molecule has 0 radical (unpaired) electrons. The predicted molar refractivity (Wildman–Crippen MR) is 227 cm³/mol. The van der Waals surface area contributed by atoms with Gasteiger partial charge in [-0.3, -0.25) is 39.0 Å². The molecule has 0 atom stereocenters. The third-order valence-corrected chi connectivity index (χ3v) is 11.7. The van der Waals surface area contributed by atoms with Crippen molar-refractivity contribution >= 4 is 66.3 Å². The highest BCUT2D eigenvalue weighted by Crippen LogP contribution is 2.45. The molecule has 0 saturated heterocycles. The van der Waals surface area contributed by atoms with Gasteiger partial charge in [0.2, 0.25) is 5.91 Å². The number of esters is 1. The van der Waals surface area contributed by atoms with E-state index in [1.165, 1.54) is 54.6 Å². The number of non-ortho nitro benzene ring substituents is 1. The summed E-state index contributed by atoms with van der Waals surface area (Å²) in [6.45, 7) is 1.08. The fourth-order valence-electron chi connectivity index (χ4n) is 6.85. The smallest absolute Gasteiger partial charge is 0.338 e. The van der Waals surface area contributed by atoms with Gasteiger partial charge in [0, 0.05) is 65.8 Å². The summed E-state index contributed by atoms with van der Waals surface area (Å²) in [5.74, 6) is -2.67. The molecule has 0 unspecified atom stereocenters. The first-order chi connectivity index (χ1) is 29.8. The van der Waals surface area contributed by atoms with E-state index in [1.807, 2.05) is 0 Å². The van der Waals surface area contributed by atoms with Crippen LogP contribution < -0.4 is 27.0 Å². The van der Waals surface area contributed by atoms with Gasteiger partial charge in [-0.2, -0.15) is 16.8 Å². The number of unbranched alkanes of at least 4 members (excludes halogenated alkanes) is 5. The van der Waals surface area contributed by atoms with Crippen LogP contribution in [0.5, 0.6) is 0 Å². The average molecular weight is 909 g/mol. The van der Waals surface area contributed by atoms with Crippen LogP contribution in [0.25, 0.3) is 33.4 Å². The number of nitrogen functional groups attached to an aromatic ring is 1. The number of carbonyl (C=O) groups is 4. The van der Waals surface area contributed by atoms with E-state index in [4.69, 9.17) is 20.3 Å². The summed E-state index contributed by atoms with van der Waals surface area (Å²) < 4.78 is 80.9. The molecule has 3 aromatic carbocycles. The first-order valence-corrected chi connectivity index (χ1v) is 22.3. The zero-order valence-corrected chi connectivity index (χ0v) is 35.4. The van der Waals surface area contributed by atoms with Crippen molar-refractivity contribution in [2.45, 2.75) is 61.2 Å². The number of rotatable bonds is 20. The van der Waals surface area contributed by atoms with E-state index in [9.17, 15) is 55.2 Å². The van der Waals surface area contributed by atoms with Crippen LogP contribution >= 0.6 is 0 Å². The summed E-state index contributed by atoms with van der Waals surface area (Å²) in [5, 5.41) is 26.7. The van der Waals surface area contributed by atoms with E-state index in [1.54, 1.807) is 0 Å². The average Bonchev–Trinajstić information content (AvgIpc) is 3.23. The van der Waals surface area contributed by atoms with Gasteiger partial charge >= 0.3 is 5.97 Å². The number of nitrogens with one attached hydrogen (secondary N) is 4. The Bertz CT molecular complexity index is 2840. The number of carbonyl (C=O) groups excluding carboxylic acids is 4. The molecular formula is C41H44N6O14S2. The van der Waals surface area contributed by atoms with Crippen LogP contribution in [0.1, 0.15) is 82.4 Å². The number of anilines is 1. The van der Waals surface area contributed by atoms with Crippen LogP contribution in [0.15, 0.2) is 80.9 Å². The quantitative estimate of drug-likeness (QED) is 0.0104. The zero-order chi connectivity index (χ0) is 46.1. The van der Waals surface area contributed by atoms with Crippen LogP contribution in [-0.4, -0.2) is 81.3 Å². The van der Waals surface area contributed by atoms with E-state index in [-0.39, 0.29) is 56.9 Å². The summed E-state index contributed by atoms with van der Waals surface area (Å²) in [6, 6.07) is 14.1. The fourth-order valence-corrected chi connectivity index (χ4v) is 8.34. The number of nitro groups is 1. The molecule has 1 heterocycles. The monoisotopic (exact) mass is 908 g/mol. The number of hydrogen-bond acceptors (Lipinski definition) is 14. The van der Waals surface area contributed by atoms with Gasteiger partial charge in [-0.25, -0.2) is 4.79 Å². The second kappa shape index (κ2) is 20.4. The summed E-state index contributed by atoms with van der Waals surface area (Å²) in [7, 11) is -9.23. The van der Waals surface area contributed by atoms with Crippen molar-refractivity contribution in [2.24, 2.45) is 0 Å². The Morgan fingerprint density at radius 1 is 0.762 bits per heavy atom. The molecule has 22 heteroatoms. The van der Waals surface area contributed by atoms with E-state index >= 15 is 0 Å². The summed E-state index contributed by atoms with van der Waals surface area (Å²) in [4.78, 5) is 59.4. The third kappa shape index (κ3) is 11.6. The molecule has 20 nitrogen and oxygen atoms in total. The van der Waals surface area contributed by atoms with Gasteiger partial charge in [0.1, 0.15) is 0 Å². The molecular weight excluding hydrogens is 865 g/mol. The Labute approximate surface area is 360 Å². The van der Waals surface area contributed by atoms with Crippen molar-refractivity contribution in [3.63, 3.8) is 0 Å². The lowest BCUT2D eigenvalue weighted by molar-refractivity contribution is -0.384. The Hall–Kier alpha value is -6.75. The van der Waals surface area contributed by atoms with Gasteiger partial charge in [0.05, 0.1) is 28.6 Å². The minimum atomic E-state index is -5.18. The second-order valence-electron chi connectivity index (χ2n) is 14.3. The predicted octanol–water partition coefficient (Wildman–Crippen LogP) is 4.85. The van der Waals surface area contributed by atoms with E-state index in [2.05, 4.69) is 16.0 Å². The number of methoxy groups -OCH3 is 1. The maximum Gasteiger partial charge on any atom is 0.338 e. The number of ether oxygens (including phenoxy) is 1. The number of nitrogens with two attached hydrogens (primary N) is 1. The van der Waals surface area contributed by atoms with Crippen molar-refractivity contribution in [1.29, 1.82) is 5.41 Å². The van der Waals surface area contributed by atoms with Crippen LogP contribution in [-0.2, 0) is 29.8 Å². The largest absolute Gasteiger partial charge is 0.465 e. The zero-order valence-electron chi connectivity index (χ0n) is 33.8. The summed E-state index contributed by atoms with van der Waals surface area (Å²) in [5.41, 5.74) is 4.48. The standard InChI is InChI=1S/C41H44N6O14S2/c1-60-41(51)30-23-25(40(50)46-21-8-4-7-19-44-33(48)12-5-2-3-6-20-45-39(49)24-10-9-11-26(22-24)47(52)53)13-14-27(30)34-28-15-17-31(42)37(62(54,55)56)35(28)61-36-29(34)16-18-32(43)38(36)63(57,58)59/h9-11,13-18,22-23,42H,2-8,12,19-21,43H2,1H3,(H,44,48)(H,45,49)(H,46,50)(H,54,55,56)(H,57,58,59). The van der Waals surface area contributed by atoms with Gasteiger partial charge in [-0.15, -0.1) is 0 Å². The number of nitrogens with zero attached hydrogens (tertiary/aromatic N) is 1. The van der Waals surface area contributed by atoms with Crippen LogP contribution in [0.3, 0.4) is 0 Å². The number of fused-ring (bicyclic) bond motifs is 2. The number of benzene rings is 4. The van der Waals surface area contributed by atoms with Crippen LogP contribution in [0.4, 0.5) is 11.4 Å². The molecule has 2 aliphatic rings. The number of amides is 3. The molecule has 3 amide bonds. The molecule has 0 fully saturated rings. The minimum absolute atomic E-state index is 0.00106. The van der Waals surface area contributed by atoms with Crippen molar-refractivity contribution in [3.8, 4) is 22.5 Å². The molecule has 334 valence electrons. The fraction of sp³-hybridized carbons (Fsp3) is 0.293. The van der Waals surface area contributed by atoms with Gasteiger partial charge in [-0.05, 0) is 80.1 Å². The summed E-state index contributed by atoms with van der Waals surface area (Å²) >= 11 is 0. The molecule has 63 heavy (non-hydrogen) atoms. The van der Waals surface area contributed by atoms with Gasteiger partial charge in [0.25, 0.3) is 37.7 Å². The lowest BCUT2D eigenvalue weighted by Crippen LogP contribution is -2.26. The first-order valence-electron chi connectivity index (χ1n) is 19.4. The van der Waals surface area contributed by atoms with Gasteiger partial charge in [0.15, 0.2) is 21.1 Å². The van der Waals surface area contributed by atoms with Crippen molar-refractivity contribution < 1.29 is 59.2 Å². The van der Waals surface area contributed by atoms with Crippen molar-refractivity contribution in [2.75, 3.05) is 32.5 Å². The molecule has 1 aliphatic carbocycles. The topological polar surface area (TPSA) is 328 Å². The molecule has 1 aliphatic heterocycles. The normalized spacial score (nSPS) is 11.6. The minimum Gasteiger partial charge on any atom is -0.465 e. The Morgan fingerprint density at radius 3 is 1.97 bits per heavy atom. The van der Waals surface area contributed by atoms with E-state index in [0.29, 0.717) is 51.6 Å². The first kappa shape index (κ1) is 47.3. The van der Waals surface area contributed by atoms with Crippen molar-refractivity contribution in [1.82, 2.24) is 16.0 Å². The molecule has 0 aromatic heterocycles. The highest BCUT2D eigenvalue weighted by Gasteiger charge is 2.32.